The van der Waals surface area contributed by atoms with Gasteiger partial charge in [0.15, 0.2) is 11.0 Å². The monoisotopic (exact) mass is 440 g/mol. The highest BCUT2D eigenvalue weighted by atomic mass is 32.2. The molecule has 0 atom stereocenters. The maximum atomic E-state index is 12.3. The van der Waals surface area contributed by atoms with Gasteiger partial charge in [-0.15, -0.1) is 10.2 Å². The lowest BCUT2D eigenvalue weighted by atomic mass is 9.95. The van der Waals surface area contributed by atoms with Gasteiger partial charge in [0.25, 0.3) is 0 Å². The van der Waals surface area contributed by atoms with Gasteiger partial charge in [-0.2, -0.15) is 0 Å². The minimum absolute atomic E-state index is 0.117. The molecule has 1 saturated carbocycles. The molecule has 0 saturated heterocycles. The standard InChI is InChI=1S/C23H28N4O3S/c1-29-19-11-9-17(10-12-19)22-25-26-23(27(22)16-20-8-5-14-30-20)31-15-13-21(28)24-18-6-3-2-4-7-18/h5,8-12,14,18H,2-4,6-7,13,15-16H2,1H3,(H,24,28). The Labute approximate surface area is 186 Å². The fraction of sp³-hybridized carbons (Fsp3) is 0.435. The van der Waals surface area contributed by atoms with Crippen molar-refractivity contribution < 1.29 is 13.9 Å². The number of nitrogens with one attached hydrogen (secondary N) is 1. The number of rotatable bonds is 9. The van der Waals surface area contributed by atoms with Gasteiger partial charge in [-0.1, -0.05) is 31.0 Å². The predicted molar refractivity (Wildman–Crippen MR) is 120 cm³/mol. The average Bonchev–Trinajstić information content (AvgIpc) is 3.45. The summed E-state index contributed by atoms with van der Waals surface area (Å²) in [6, 6.07) is 11.9. The molecule has 1 amide bonds. The normalized spacial score (nSPS) is 14.5. The van der Waals surface area contributed by atoms with Gasteiger partial charge in [-0.3, -0.25) is 9.36 Å². The van der Waals surface area contributed by atoms with Crippen LogP contribution in [-0.4, -0.2) is 39.6 Å². The second kappa shape index (κ2) is 10.5. The zero-order valence-electron chi connectivity index (χ0n) is 17.8. The first-order valence-corrected chi connectivity index (χ1v) is 11.7. The van der Waals surface area contributed by atoms with Crippen LogP contribution in [-0.2, 0) is 11.3 Å². The number of nitrogens with zero attached hydrogens (tertiary/aromatic N) is 3. The molecule has 1 aliphatic carbocycles. The second-order valence-corrected chi connectivity index (χ2v) is 8.76. The van der Waals surface area contributed by atoms with E-state index in [4.69, 9.17) is 9.15 Å². The van der Waals surface area contributed by atoms with Gasteiger partial charge in [-0.05, 0) is 49.2 Å². The van der Waals surface area contributed by atoms with Crippen LogP contribution in [0, 0.1) is 0 Å². The number of furan rings is 1. The third-order valence-electron chi connectivity index (χ3n) is 5.49. The molecule has 1 fully saturated rings. The van der Waals surface area contributed by atoms with Crippen molar-refractivity contribution in [2.45, 2.75) is 56.3 Å². The second-order valence-electron chi connectivity index (χ2n) is 7.70. The first-order valence-electron chi connectivity index (χ1n) is 10.7. The minimum Gasteiger partial charge on any atom is -0.497 e. The Bertz CT molecular complexity index is 963. The van der Waals surface area contributed by atoms with Crippen LogP contribution in [0.15, 0.2) is 52.2 Å². The van der Waals surface area contributed by atoms with E-state index in [9.17, 15) is 4.79 Å². The number of aromatic nitrogens is 3. The molecule has 2 aromatic heterocycles. The highest BCUT2D eigenvalue weighted by molar-refractivity contribution is 7.99. The minimum atomic E-state index is 0.117. The zero-order chi connectivity index (χ0) is 21.5. The lowest BCUT2D eigenvalue weighted by molar-refractivity contribution is -0.121. The van der Waals surface area contributed by atoms with E-state index in [1.807, 2.05) is 41.0 Å². The van der Waals surface area contributed by atoms with E-state index in [0.29, 0.717) is 24.8 Å². The summed E-state index contributed by atoms with van der Waals surface area (Å²) in [5.41, 5.74) is 0.946. The summed E-state index contributed by atoms with van der Waals surface area (Å²) in [4.78, 5) is 12.3. The summed E-state index contributed by atoms with van der Waals surface area (Å²) in [6.45, 7) is 0.526. The number of hydrogen-bond acceptors (Lipinski definition) is 6. The molecule has 0 bridgehead atoms. The number of methoxy groups -OCH3 is 1. The van der Waals surface area contributed by atoms with Crippen LogP contribution in [0.4, 0.5) is 0 Å². The van der Waals surface area contributed by atoms with E-state index < -0.39 is 0 Å². The molecule has 4 rings (SSSR count). The molecule has 1 N–H and O–H groups in total. The smallest absolute Gasteiger partial charge is 0.221 e. The molecule has 164 valence electrons. The molecule has 0 radical (unpaired) electrons. The Morgan fingerprint density at radius 3 is 2.71 bits per heavy atom. The summed E-state index contributed by atoms with van der Waals surface area (Å²) in [5, 5.41) is 12.8. The van der Waals surface area contributed by atoms with E-state index in [1.165, 1.54) is 19.3 Å². The van der Waals surface area contributed by atoms with Crippen molar-refractivity contribution in [1.82, 2.24) is 20.1 Å². The van der Waals surface area contributed by atoms with Gasteiger partial charge >= 0.3 is 0 Å². The molecule has 1 aliphatic rings. The maximum absolute atomic E-state index is 12.3. The van der Waals surface area contributed by atoms with Crippen LogP contribution in [0.25, 0.3) is 11.4 Å². The Kier molecular flexibility index (Phi) is 7.30. The van der Waals surface area contributed by atoms with Crippen molar-refractivity contribution in [3.8, 4) is 17.1 Å². The van der Waals surface area contributed by atoms with Crippen molar-refractivity contribution in [3.63, 3.8) is 0 Å². The van der Waals surface area contributed by atoms with Crippen molar-refractivity contribution in [2.24, 2.45) is 0 Å². The molecule has 2 heterocycles. The van der Waals surface area contributed by atoms with Gasteiger partial charge in [0.05, 0.1) is 19.9 Å². The fourth-order valence-corrected chi connectivity index (χ4v) is 4.71. The predicted octanol–water partition coefficient (Wildman–Crippen LogP) is 4.53. The first-order chi connectivity index (χ1) is 15.2. The number of thioether (sulfide) groups is 1. The van der Waals surface area contributed by atoms with Crippen molar-refractivity contribution >= 4 is 17.7 Å². The first kappa shape index (κ1) is 21.5. The molecule has 0 aliphatic heterocycles. The number of hydrogen-bond donors (Lipinski definition) is 1. The van der Waals surface area contributed by atoms with E-state index in [2.05, 4.69) is 15.5 Å². The summed E-state index contributed by atoms with van der Waals surface area (Å²) >= 11 is 1.54. The van der Waals surface area contributed by atoms with Crippen LogP contribution in [0.1, 0.15) is 44.3 Å². The number of carbonyl (C=O) groups excluding carboxylic acids is 1. The van der Waals surface area contributed by atoms with Gasteiger partial charge in [-0.25, -0.2) is 0 Å². The van der Waals surface area contributed by atoms with Crippen LogP contribution >= 0.6 is 11.8 Å². The Morgan fingerprint density at radius 2 is 2.00 bits per heavy atom. The third kappa shape index (κ3) is 5.70. The van der Waals surface area contributed by atoms with E-state index >= 15 is 0 Å². The highest BCUT2D eigenvalue weighted by Gasteiger charge is 2.18. The topological polar surface area (TPSA) is 82.2 Å². The fourth-order valence-electron chi connectivity index (χ4n) is 3.83. The SMILES string of the molecule is COc1ccc(-c2nnc(SCCC(=O)NC3CCCCC3)n2Cc2ccco2)cc1. The summed E-state index contributed by atoms with van der Waals surface area (Å²) in [7, 11) is 1.65. The zero-order valence-corrected chi connectivity index (χ0v) is 18.6. The summed E-state index contributed by atoms with van der Waals surface area (Å²) in [5.74, 6) is 3.14. The van der Waals surface area contributed by atoms with Crippen molar-refractivity contribution in [1.29, 1.82) is 0 Å². The van der Waals surface area contributed by atoms with Gasteiger partial charge < -0.3 is 14.5 Å². The number of carbonyl (C=O) groups is 1. The lowest BCUT2D eigenvalue weighted by Crippen LogP contribution is -2.36. The number of benzene rings is 1. The summed E-state index contributed by atoms with van der Waals surface area (Å²) < 4.78 is 12.8. The average molecular weight is 441 g/mol. The Morgan fingerprint density at radius 1 is 1.19 bits per heavy atom. The van der Waals surface area contributed by atoms with Crippen LogP contribution in [0.2, 0.25) is 0 Å². The molecule has 31 heavy (non-hydrogen) atoms. The quantitative estimate of drug-likeness (QED) is 0.493. The molecular weight excluding hydrogens is 412 g/mol. The molecule has 7 nitrogen and oxygen atoms in total. The van der Waals surface area contributed by atoms with E-state index in [0.717, 1.165) is 40.9 Å². The Hall–Kier alpha value is -2.74. The van der Waals surface area contributed by atoms with Crippen LogP contribution in [0.3, 0.4) is 0 Å². The van der Waals surface area contributed by atoms with Crippen LogP contribution in [0.5, 0.6) is 5.75 Å². The summed E-state index contributed by atoms with van der Waals surface area (Å²) in [6.07, 6.45) is 8.03. The van der Waals surface area contributed by atoms with Crippen molar-refractivity contribution in [3.05, 3.63) is 48.4 Å². The van der Waals surface area contributed by atoms with Crippen LogP contribution < -0.4 is 10.1 Å². The number of amides is 1. The molecule has 0 spiro atoms. The maximum Gasteiger partial charge on any atom is 0.221 e. The molecule has 3 aromatic rings. The largest absolute Gasteiger partial charge is 0.497 e. The lowest BCUT2D eigenvalue weighted by Gasteiger charge is -2.22. The third-order valence-corrected chi connectivity index (χ3v) is 6.46. The van der Waals surface area contributed by atoms with Gasteiger partial charge in [0.1, 0.15) is 11.5 Å². The molecular formula is C23H28N4O3S. The van der Waals surface area contributed by atoms with Gasteiger partial charge in [0.2, 0.25) is 5.91 Å². The van der Waals surface area contributed by atoms with Gasteiger partial charge in [0, 0.05) is 23.8 Å². The Balaban J connectivity index is 1.43. The highest BCUT2D eigenvalue weighted by Crippen LogP contribution is 2.27. The molecule has 1 aromatic carbocycles. The van der Waals surface area contributed by atoms with E-state index in [1.54, 1.807) is 25.1 Å². The molecule has 8 heteroatoms. The van der Waals surface area contributed by atoms with Crippen molar-refractivity contribution in [2.75, 3.05) is 12.9 Å². The molecule has 0 unspecified atom stereocenters. The van der Waals surface area contributed by atoms with E-state index in [-0.39, 0.29) is 5.91 Å². The number of ether oxygens (including phenoxy) is 1.